The summed E-state index contributed by atoms with van der Waals surface area (Å²) < 4.78 is 1.75. The van der Waals surface area contributed by atoms with Crippen LogP contribution in [-0.2, 0) is 6.54 Å². The van der Waals surface area contributed by atoms with Crippen molar-refractivity contribution in [3.63, 3.8) is 0 Å². The average Bonchev–Trinajstić information content (AvgIpc) is 3.05. The fourth-order valence-electron chi connectivity index (χ4n) is 2.47. The normalized spacial score (nSPS) is 10.2. The molecule has 0 aliphatic rings. The molecule has 0 fully saturated rings. The minimum absolute atomic E-state index is 0.0292. The molecule has 3 rings (SSSR count). The lowest BCUT2D eigenvalue weighted by molar-refractivity contribution is -0.384. The summed E-state index contributed by atoms with van der Waals surface area (Å²) in [6, 6.07) is 12.6. The van der Waals surface area contributed by atoms with Gasteiger partial charge >= 0.3 is 5.69 Å². The predicted octanol–water partition coefficient (Wildman–Crippen LogP) is 2.97. The molecule has 0 saturated heterocycles. The lowest BCUT2D eigenvalue weighted by atomic mass is 10.1. The second kappa shape index (κ2) is 6.80. The summed E-state index contributed by atoms with van der Waals surface area (Å²) >= 11 is 0. The van der Waals surface area contributed by atoms with E-state index in [0.717, 1.165) is 16.9 Å². The summed E-state index contributed by atoms with van der Waals surface area (Å²) in [4.78, 5) is 14.7. The maximum atomic E-state index is 11.3. The molecule has 0 saturated carbocycles. The van der Waals surface area contributed by atoms with Crippen molar-refractivity contribution in [2.24, 2.45) is 0 Å². The molecule has 25 heavy (non-hydrogen) atoms. The largest absolute Gasteiger partial charge is 0.360 e. The zero-order chi connectivity index (χ0) is 17.8. The zero-order valence-corrected chi connectivity index (χ0v) is 13.4. The maximum Gasteiger partial charge on any atom is 0.328 e. The quantitative estimate of drug-likeness (QED) is 0.567. The maximum absolute atomic E-state index is 11.3. The summed E-state index contributed by atoms with van der Waals surface area (Å²) in [5.41, 5.74) is 2.30. The number of hydrogen-bond acceptors (Lipinski definition) is 6. The van der Waals surface area contributed by atoms with Gasteiger partial charge in [0.2, 0.25) is 5.82 Å². The molecule has 124 valence electrons. The van der Waals surface area contributed by atoms with E-state index in [-0.39, 0.29) is 17.1 Å². The Morgan fingerprint density at radius 3 is 2.80 bits per heavy atom. The molecule has 0 aliphatic carbocycles. The van der Waals surface area contributed by atoms with Gasteiger partial charge in [-0.2, -0.15) is 10.4 Å². The molecule has 3 aromatic rings. The Balaban J connectivity index is 1.91. The number of nitriles is 1. The van der Waals surface area contributed by atoms with Crippen LogP contribution in [0.15, 0.2) is 48.8 Å². The van der Waals surface area contributed by atoms with Crippen molar-refractivity contribution in [3.8, 4) is 11.8 Å². The van der Waals surface area contributed by atoms with E-state index in [2.05, 4.69) is 15.4 Å². The number of para-hydroxylation sites is 1. The molecule has 2 heterocycles. The first-order valence-corrected chi connectivity index (χ1v) is 7.48. The number of rotatable bonds is 5. The van der Waals surface area contributed by atoms with Crippen LogP contribution in [0.1, 0.15) is 16.8 Å². The Bertz CT molecular complexity index is 973. The van der Waals surface area contributed by atoms with Crippen LogP contribution in [0.5, 0.6) is 0 Å². The molecule has 8 heteroatoms. The van der Waals surface area contributed by atoms with Gasteiger partial charge in [-0.15, -0.1) is 0 Å². The van der Waals surface area contributed by atoms with Crippen LogP contribution in [0, 0.1) is 28.4 Å². The minimum Gasteiger partial charge on any atom is -0.360 e. The van der Waals surface area contributed by atoms with E-state index in [1.807, 2.05) is 49.5 Å². The third kappa shape index (κ3) is 3.30. The van der Waals surface area contributed by atoms with Gasteiger partial charge in [0.25, 0.3) is 0 Å². The van der Waals surface area contributed by atoms with Gasteiger partial charge in [-0.05, 0) is 30.7 Å². The van der Waals surface area contributed by atoms with E-state index in [1.54, 1.807) is 4.68 Å². The molecule has 0 atom stereocenters. The van der Waals surface area contributed by atoms with Crippen molar-refractivity contribution in [2.75, 3.05) is 5.32 Å². The van der Waals surface area contributed by atoms with Gasteiger partial charge in [0.15, 0.2) is 0 Å². The molecule has 0 aliphatic heterocycles. The van der Waals surface area contributed by atoms with Gasteiger partial charge in [0.1, 0.15) is 11.6 Å². The van der Waals surface area contributed by atoms with E-state index >= 15 is 0 Å². The van der Waals surface area contributed by atoms with Gasteiger partial charge in [-0.3, -0.25) is 10.1 Å². The summed E-state index contributed by atoms with van der Waals surface area (Å²) in [6.45, 7) is 2.20. The smallest absolute Gasteiger partial charge is 0.328 e. The third-order valence-electron chi connectivity index (χ3n) is 3.63. The summed E-state index contributed by atoms with van der Waals surface area (Å²) in [5.74, 6) is 0.0653. The van der Waals surface area contributed by atoms with Gasteiger partial charge in [0.05, 0.1) is 16.3 Å². The second-order valence-corrected chi connectivity index (χ2v) is 5.31. The van der Waals surface area contributed by atoms with E-state index in [0.29, 0.717) is 6.54 Å². The Morgan fingerprint density at radius 1 is 1.32 bits per heavy atom. The van der Waals surface area contributed by atoms with Crippen LogP contribution >= 0.6 is 0 Å². The molecule has 0 unspecified atom stereocenters. The van der Waals surface area contributed by atoms with Gasteiger partial charge in [-0.25, -0.2) is 9.67 Å². The lowest BCUT2D eigenvalue weighted by Crippen LogP contribution is -2.09. The minimum atomic E-state index is -0.601. The van der Waals surface area contributed by atoms with Crippen LogP contribution in [0.2, 0.25) is 0 Å². The number of nitrogens with zero attached hydrogens (tertiary/aromatic N) is 5. The standard InChI is InChI=1S/C17H14N6O2/c1-12-7-9-22(21-12)15-5-3-2-4-14(15)11-20-17-16(23(24)25)13(10-18)6-8-19-17/h2-9H,11H2,1H3,(H,19,20). The highest BCUT2D eigenvalue weighted by molar-refractivity contribution is 5.64. The van der Waals surface area contributed by atoms with E-state index in [4.69, 9.17) is 5.26 Å². The SMILES string of the molecule is Cc1ccn(-c2ccccc2CNc2nccc(C#N)c2[N+](=O)[O-])n1. The predicted molar refractivity (Wildman–Crippen MR) is 91.2 cm³/mol. The van der Waals surface area contributed by atoms with Crippen LogP contribution in [0.3, 0.4) is 0 Å². The molecule has 8 nitrogen and oxygen atoms in total. The first kappa shape index (κ1) is 16.1. The number of hydrogen-bond donors (Lipinski definition) is 1. The van der Waals surface area contributed by atoms with Gasteiger partial charge in [-0.1, -0.05) is 18.2 Å². The summed E-state index contributed by atoms with van der Waals surface area (Å²) in [6.07, 6.45) is 3.22. The highest BCUT2D eigenvalue weighted by Crippen LogP contribution is 2.26. The number of benzene rings is 1. The first-order valence-electron chi connectivity index (χ1n) is 7.48. The van der Waals surface area contributed by atoms with Crippen molar-refractivity contribution in [2.45, 2.75) is 13.5 Å². The fraction of sp³-hybridized carbons (Fsp3) is 0.118. The molecular formula is C17H14N6O2. The summed E-state index contributed by atoms with van der Waals surface area (Å²) in [5, 5.41) is 27.7. The molecule has 0 bridgehead atoms. The molecule has 1 aromatic carbocycles. The van der Waals surface area contributed by atoms with Crippen LogP contribution in [0.25, 0.3) is 5.69 Å². The van der Waals surface area contributed by atoms with Crippen molar-refractivity contribution >= 4 is 11.5 Å². The highest BCUT2D eigenvalue weighted by atomic mass is 16.6. The fourth-order valence-corrected chi connectivity index (χ4v) is 2.47. The number of nitrogens with one attached hydrogen (secondary N) is 1. The lowest BCUT2D eigenvalue weighted by Gasteiger charge is -2.11. The molecular weight excluding hydrogens is 320 g/mol. The van der Waals surface area contributed by atoms with Gasteiger partial charge < -0.3 is 5.32 Å². The molecule has 1 N–H and O–H groups in total. The Hall–Kier alpha value is -3.73. The Labute approximate surface area is 143 Å². The third-order valence-corrected chi connectivity index (χ3v) is 3.63. The van der Waals surface area contributed by atoms with Crippen LogP contribution < -0.4 is 5.32 Å². The first-order chi connectivity index (χ1) is 12.1. The second-order valence-electron chi connectivity index (χ2n) is 5.31. The van der Waals surface area contributed by atoms with Crippen LogP contribution in [-0.4, -0.2) is 19.7 Å². The molecule has 0 spiro atoms. The van der Waals surface area contributed by atoms with Crippen LogP contribution in [0.4, 0.5) is 11.5 Å². The summed E-state index contributed by atoms with van der Waals surface area (Å²) in [7, 11) is 0. The molecule has 2 aromatic heterocycles. The Morgan fingerprint density at radius 2 is 2.12 bits per heavy atom. The van der Waals surface area contributed by atoms with E-state index < -0.39 is 4.92 Å². The number of aryl methyl sites for hydroxylation is 1. The van der Waals surface area contributed by atoms with Crippen molar-refractivity contribution in [1.82, 2.24) is 14.8 Å². The highest BCUT2D eigenvalue weighted by Gasteiger charge is 2.21. The molecule has 0 amide bonds. The zero-order valence-electron chi connectivity index (χ0n) is 13.4. The molecule has 0 radical (unpaired) electrons. The Kier molecular flexibility index (Phi) is 4.39. The number of aromatic nitrogens is 3. The average molecular weight is 334 g/mol. The van der Waals surface area contributed by atoms with Crippen molar-refractivity contribution < 1.29 is 4.92 Å². The topological polar surface area (TPSA) is 110 Å². The van der Waals surface area contributed by atoms with Gasteiger partial charge in [0, 0.05) is 18.9 Å². The van der Waals surface area contributed by atoms with Crippen molar-refractivity contribution in [1.29, 1.82) is 5.26 Å². The van der Waals surface area contributed by atoms with E-state index in [9.17, 15) is 10.1 Å². The van der Waals surface area contributed by atoms with Crippen molar-refractivity contribution in [3.05, 3.63) is 75.7 Å². The monoisotopic (exact) mass is 334 g/mol. The number of nitro groups is 1. The number of anilines is 1. The number of pyridine rings is 1. The van der Waals surface area contributed by atoms with E-state index in [1.165, 1.54) is 12.3 Å².